The van der Waals surface area contributed by atoms with E-state index in [1.165, 1.54) is 33.8 Å². The van der Waals surface area contributed by atoms with Crippen LogP contribution in [0.15, 0.2) is 52.9 Å². The number of benzene rings is 2. The summed E-state index contributed by atoms with van der Waals surface area (Å²) in [7, 11) is 2.07. The number of furan rings is 1. The molecule has 1 unspecified atom stereocenters. The van der Waals surface area contributed by atoms with Crippen LogP contribution in [0.2, 0.25) is 0 Å². The van der Waals surface area contributed by atoms with Crippen LogP contribution in [0.5, 0.6) is 0 Å². The van der Waals surface area contributed by atoms with Crippen LogP contribution >= 0.6 is 0 Å². The minimum absolute atomic E-state index is 0.208. The Morgan fingerprint density at radius 2 is 1.92 bits per heavy atom. The molecule has 1 aliphatic heterocycles. The second kappa shape index (κ2) is 5.28. The molecule has 0 radical (unpaired) electrons. The molecule has 2 aromatic carbocycles. The van der Waals surface area contributed by atoms with Gasteiger partial charge in [0.15, 0.2) is 5.71 Å². The number of fused-ring (bicyclic) bond motifs is 3. The SMILES string of the molecule is CC1=[N+](C)c2ccc3ccccc3c2C1(C)Cc1ccc([N+](=O)[O-])o1. The molecule has 1 aromatic heterocycles. The molecular formula is C20H19N2O3+. The van der Waals surface area contributed by atoms with E-state index in [2.05, 4.69) is 55.8 Å². The molecule has 4 rings (SSSR count). The van der Waals surface area contributed by atoms with Gasteiger partial charge in [0.2, 0.25) is 5.69 Å². The van der Waals surface area contributed by atoms with Crippen LogP contribution < -0.4 is 0 Å². The monoisotopic (exact) mass is 335 g/mol. The Labute approximate surface area is 145 Å². The Balaban J connectivity index is 1.89. The minimum Gasteiger partial charge on any atom is -0.406 e. The van der Waals surface area contributed by atoms with Gasteiger partial charge in [-0.1, -0.05) is 24.3 Å². The quantitative estimate of drug-likeness (QED) is 0.399. The van der Waals surface area contributed by atoms with Crippen molar-refractivity contribution < 1.29 is 13.9 Å². The molecule has 0 N–H and O–H groups in total. The number of rotatable bonds is 3. The summed E-state index contributed by atoms with van der Waals surface area (Å²) < 4.78 is 7.66. The van der Waals surface area contributed by atoms with Gasteiger partial charge in [-0.25, -0.2) is 4.58 Å². The standard InChI is InChI=1S/C20H19N2O3/c1-13-20(2,12-15-9-11-18(25-15)22(23)24)19-16-7-5-4-6-14(16)8-10-17(19)21(13)3/h4-11H,12H2,1-3H3/q+1. The molecule has 0 saturated carbocycles. The Morgan fingerprint density at radius 1 is 1.16 bits per heavy atom. The number of hydrogen-bond acceptors (Lipinski definition) is 3. The largest absolute Gasteiger partial charge is 0.433 e. The van der Waals surface area contributed by atoms with Gasteiger partial charge in [-0.05, 0) is 29.8 Å². The molecule has 1 atom stereocenters. The second-order valence-electron chi connectivity index (χ2n) is 6.83. The molecule has 0 saturated heterocycles. The van der Waals surface area contributed by atoms with Gasteiger partial charge in [0.25, 0.3) is 0 Å². The zero-order valence-electron chi connectivity index (χ0n) is 14.4. The molecule has 0 amide bonds. The van der Waals surface area contributed by atoms with E-state index in [1.54, 1.807) is 6.07 Å². The molecule has 3 aromatic rings. The average molecular weight is 335 g/mol. The van der Waals surface area contributed by atoms with Crippen molar-refractivity contribution in [1.29, 1.82) is 0 Å². The van der Waals surface area contributed by atoms with E-state index in [0.29, 0.717) is 12.2 Å². The first-order valence-corrected chi connectivity index (χ1v) is 8.25. The lowest BCUT2D eigenvalue weighted by Gasteiger charge is -2.22. The molecule has 126 valence electrons. The van der Waals surface area contributed by atoms with Gasteiger partial charge < -0.3 is 4.42 Å². The second-order valence-corrected chi connectivity index (χ2v) is 6.83. The maximum Gasteiger partial charge on any atom is 0.433 e. The lowest BCUT2D eigenvalue weighted by atomic mass is 9.74. The normalized spacial score (nSPS) is 19.5. The van der Waals surface area contributed by atoms with Crippen molar-refractivity contribution in [3.05, 3.63) is 70.0 Å². The Kier molecular flexibility index (Phi) is 3.29. The van der Waals surface area contributed by atoms with Gasteiger partial charge in [-0.15, -0.1) is 0 Å². The fourth-order valence-electron chi connectivity index (χ4n) is 3.98. The van der Waals surface area contributed by atoms with Crippen molar-refractivity contribution in [3.63, 3.8) is 0 Å². The third kappa shape index (κ3) is 2.19. The predicted molar refractivity (Wildman–Crippen MR) is 96.9 cm³/mol. The zero-order chi connectivity index (χ0) is 17.8. The fourth-order valence-corrected chi connectivity index (χ4v) is 3.98. The van der Waals surface area contributed by atoms with Crippen LogP contribution in [-0.2, 0) is 11.8 Å². The van der Waals surface area contributed by atoms with E-state index < -0.39 is 4.92 Å². The summed E-state index contributed by atoms with van der Waals surface area (Å²) in [6.45, 7) is 4.30. The highest BCUT2D eigenvalue weighted by molar-refractivity contribution is 6.02. The zero-order valence-corrected chi connectivity index (χ0v) is 14.4. The predicted octanol–water partition coefficient (Wildman–Crippen LogP) is 4.59. The smallest absolute Gasteiger partial charge is 0.406 e. The van der Waals surface area contributed by atoms with Gasteiger partial charge in [0.05, 0.1) is 11.5 Å². The first kappa shape index (κ1) is 15.6. The number of nitro groups is 1. The van der Waals surface area contributed by atoms with Crippen LogP contribution in [0.3, 0.4) is 0 Å². The summed E-state index contributed by atoms with van der Waals surface area (Å²) in [5.41, 5.74) is 3.36. The van der Waals surface area contributed by atoms with Gasteiger partial charge in [-0.3, -0.25) is 10.1 Å². The highest BCUT2D eigenvalue weighted by Crippen LogP contribution is 2.45. The lowest BCUT2D eigenvalue weighted by molar-refractivity contribution is -0.403. The maximum absolute atomic E-state index is 10.9. The van der Waals surface area contributed by atoms with Crippen LogP contribution in [0.4, 0.5) is 11.6 Å². The first-order valence-electron chi connectivity index (χ1n) is 8.25. The lowest BCUT2D eigenvalue weighted by Crippen LogP contribution is -2.32. The van der Waals surface area contributed by atoms with E-state index in [1.807, 2.05) is 6.07 Å². The van der Waals surface area contributed by atoms with Gasteiger partial charge in [-0.2, -0.15) is 0 Å². The molecule has 1 aliphatic rings. The minimum atomic E-state index is -0.494. The Morgan fingerprint density at radius 3 is 2.64 bits per heavy atom. The van der Waals surface area contributed by atoms with Crippen LogP contribution in [0, 0.1) is 10.1 Å². The van der Waals surface area contributed by atoms with E-state index in [4.69, 9.17) is 4.42 Å². The van der Waals surface area contributed by atoms with Crippen LogP contribution in [-0.4, -0.2) is 22.3 Å². The molecule has 0 bridgehead atoms. The van der Waals surface area contributed by atoms with Crippen molar-refractivity contribution in [2.75, 3.05) is 7.05 Å². The Hall–Kier alpha value is -2.95. The van der Waals surface area contributed by atoms with Crippen molar-refractivity contribution in [2.45, 2.75) is 25.7 Å². The summed E-state index contributed by atoms with van der Waals surface area (Å²) in [4.78, 5) is 10.4. The summed E-state index contributed by atoms with van der Waals surface area (Å²) in [5.74, 6) is 0.420. The first-order chi connectivity index (χ1) is 11.9. The van der Waals surface area contributed by atoms with E-state index in [-0.39, 0.29) is 11.3 Å². The summed E-state index contributed by atoms with van der Waals surface area (Å²) in [5, 5.41) is 13.3. The molecule has 5 heteroatoms. The summed E-state index contributed by atoms with van der Waals surface area (Å²) in [6, 6.07) is 15.8. The van der Waals surface area contributed by atoms with Crippen LogP contribution in [0.25, 0.3) is 10.8 Å². The van der Waals surface area contributed by atoms with Gasteiger partial charge >= 0.3 is 5.88 Å². The topological polar surface area (TPSA) is 59.3 Å². The van der Waals surface area contributed by atoms with Gasteiger partial charge in [0.1, 0.15) is 17.7 Å². The average Bonchev–Trinajstić information content (AvgIpc) is 3.14. The van der Waals surface area contributed by atoms with Crippen molar-refractivity contribution in [2.24, 2.45) is 0 Å². The maximum atomic E-state index is 10.9. The number of nitrogens with zero attached hydrogens (tertiary/aromatic N) is 2. The highest BCUT2D eigenvalue weighted by atomic mass is 16.6. The van der Waals surface area contributed by atoms with E-state index in [9.17, 15) is 10.1 Å². The molecule has 0 fully saturated rings. The van der Waals surface area contributed by atoms with Crippen molar-refractivity contribution in [3.8, 4) is 0 Å². The van der Waals surface area contributed by atoms with Crippen molar-refractivity contribution >= 4 is 28.1 Å². The summed E-state index contributed by atoms with van der Waals surface area (Å²) >= 11 is 0. The Bertz CT molecular complexity index is 1050. The molecule has 5 nitrogen and oxygen atoms in total. The van der Waals surface area contributed by atoms with E-state index in [0.717, 1.165) is 0 Å². The highest BCUT2D eigenvalue weighted by Gasteiger charge is 2.47. The van der Waals surface area contributed by atoms with Crippen LogP contribution in [0.1, 0.15) is 25.2 Å². The fraction of sp³-hybridized carbons (Fsp3) is 0.250. The van der Waals surface area contributed by atoms with Crippen molar-refractivity contribution in [1.82, 2.24) is 0 Å². The molecule has 2 heterocycles. The summed E-state index contributed by atoms with van der Waals surface area (Å²) in [6.07, 6.45) is 0.581. The molecule has 0 aliphatic carbocycles. The molecule has 25 heavy (non-hydrogen) atoms. The molecular weight excluding hydrogens is 316 g/mol. The van der Waals surface area contributed by atoms with Gasteiger partial charge in [0, 0.05) is 25.0 Å². The third-order valence-electron chi connectivity index (χ3n) is 5.48. The molecule has 0 spiro atoms. The third-order valence-corrected chi connectivity index (χ3v) is 5.48. The number of hydrogen-bond donors (Lipinski definition) is 0. The van der Waals surface area contributed by atoms with E-state index >= 15 is 0 Å².